The first-order valence-corrected chi connectivity index (χ1v) is 5.71. The number of alkyl halides is 2. The zero-order chi connectivity index (χ0) is 11.4. The van der Waals surface area contributed by atoms with Gasteiger partial charge >= 0.3 is 0 Å². The van der Waals surface area contributed by atoms with Gasteiger partial charge in [-0.25, -0.2) is 8.78 Å². The van der Waals surface area contributed by atoms with Gasteiger partial charge in [-0.05, 0) is 12.1 Å². The normalized spacial score (nSPS) is 16.1. The van der Waals surface area contributed by atoms with Crippen LogP contribution in [0.15, 0.2) is 39.5 Å². The zero-order valence-electron chi connectivity index (χ0n) is 8.31. The maximum absolute atomic E-state index is 12.4. The van der Waals surface area contributed by atoms with Crippen LogP contribution in [-0.4, -0.2) is 17.5 Å². The maximum Gasteiger partial charge on any atom is 0.263 e. The molecule has 0 fully saturated rings. The Bertz CT molecular complexity index is 432. The summed E-state index contributed by atoms with van der Waals surface area (Å²) in [6.45, 7) is 0.746. The fraction of sp³-hybridized carbons (Fsp3) is 0.300. The maximum atomic E-state index is 12.4. The van der Waals surface area contributed by atoms with Crippen LogP contribution < -0.4 is 0 Å². The number of nitrogens with zero attached hydrogens (tertiary/aromatic N) is 3. The Kier molecular flexibility index (Phi) is 3.61. The number of amidine groups is 1. The van der Waals surface area contributed by atoms with Crippen molar-refractivity contribution >= 4 is 22.6 Å². The summed E-state index contributed by atoms with van der Waals surface area (Å²) in [7, 11) is 0. The van der Waals surface area contributed by atoms with Crippen molar-refractivity contribution in [2.75, 3.05) is 12.3 Å². The van der Waals surface area contributed by atoms with Crippen LogP contribution in [0.3, 0.4) is 0 Å². The Morgan fingerprint density at radius 3 is 2.88 bits per heavy atom. The Balaban J connectivity index is 2.11. The van der Waals surface area contributed by atoms with E-state index in [4.69, 9.17) is 0 Å². The van der Waals surface area contributed by atoms with Gasteiger partial charge in [0, 0.05) is 11.3 Å². The highest BCUT2D eigenvalue weighted by Crippen LogP contribution is 2.24. The van der Waals surface area contributed by atoms with E-state index in [1.165, 1.54) is 23.9 Å². The SMILES string of the molecule is FC(F)c1cccc(N=NC2=NCCS2)c1. The number of hydrogen-bond acceptors (Lipinski definition) is 4. The highest BCUT2D eigenvalue weighted by atomic mass is 32.2. The molecule has 16 heavy (non-hydrogen) atoms. The van der Waals surface area contributed by atoms with Gasteiger partial charge in [0.15, 0.2) is 0 Å². The largest absolute Gasteiger partial charge is 0.263 e. The summed E-state index contributed by atoms with van der Waals surface area (Å²) in [6, 6.07) is 5.87. The first-order valence-electron chi connectivity index (χ1n) is 4.73. The summed E-state index contributed by atoms with van der Waals surface area (Å²) < 4.78 is 24.8. The van der Waals surface area contributed by atoms with E-state index in [9.17, 15) is 8.78 Å². The number of hydrogen-bond donors (Lipinski definition) is 0. The molecule has 0 N–H and O–H groups in total. The lowest BCUT2D eigenvalue weighted by atomic mass is 10.2. The Morgan fingerprint density at radius 1 is 1.31 bits per heavy atom. The third-order valence-electron chi connectivity index (χ3n) is 1.94. The minimum atomic E-state index is -2.48. The van der Waals surface area contributed by atoms with E-state index < -0.39 is 6.43 Å². The van der Waals surface area contributed by atoms with Crippen molar-refractivity contribution in [2.45, 2.75) is 6.43 Å². The molecule has 1 aromatic rings. The van der Waals surface area contributed by atoms with Gasteiger partial charge in [0.2, 0.25) is 5.17 Å². The second-order valence-electron chi connectivity index (χ2n) is 3.11. The van der Waals surface area contributed by atoms with Crippen LogP contribution in [0, 0.1) is 0 Å². The van der Waals surface area contributed by atoms with E-state index in [0.717, 1.165) is 12.3 Å². The number of rotatable bonds is 2. The minimum Gasteiger partial charge on any atom is -0.258 e. The minimum absolute atomic E-state index is 0.0440. The fourth-order valence-corrected chi connectivity index (χ4v) is 1.85. The second-order valence-corrected chi connectivity index (χ2v) is 4.17. The van der Waals surface area contributed by atoms with Crippen LogP contribution in [-0.2, 0) is 0 Å². The average molecular weight is 241 g/mol. The Labute approximate surface area is 95.7 Å². The van der Waals surface area contributed by atoms with Gasteiger partial charge in [-0.2, -0.15) is 0 Å². The number of benzene rings is 1. The molecule has 1 aliphatic rings. The average Bonchev–Trinajstić information content (AvgIpc) is 2.79. The van der Waals surface area contributed by atoms with E-state index in [1.807, 2.05) is 0 Å². The van der Waals surface area contributed by atoms with Crippen LogP contribution in [0.1, 0.15) is 12.0 Å². The van der Waals surface area contributed by atoms with Crippen molar-refractivity contribution in [3.05, 3.63) is 29.8 Å². The molecule has 0 saturated carbocycles. The van der Waals surface area contributed by atoms with Crippen molar-refractivity contribution in [3.8, 4) is 0 Å². The van der Waals surface area contributed by atoms with Gasteiger partial charge in [0.1, 0.15) is 0 Å². The molecule has 0 saturated heterocycles. The van der Waals surface area contributed by atoms with E-state index in [2.05, 4.69) is 15.2 Å². The van der Waals surface area contributed by atoms with Gasteiger partial charge in [-0.1, -0.05) is 23.9 Å². The predicted octanol–water partition coefficient (Wildman–Crippen LogP) is 3.81. The quantitative estimate of drug-likeness (QED) is 0.725. The predicted molar refractivity (Wildman–Crippen MR) is 60.7 cm³/mol. The molecule has 1 heterocycles. The van der Waals surface area contributed by atoms with Crippen LogP contribution in [0.4, 0.5) is 14.5 Å². The molecule has 0 spiro atoms. The molecule has 0 amide bonds. The Morgan fingerprint density at radius 2 is 2.19 bits per heavy atom. The molecule has 0 atom stereocenters. The summed E-state index contributed by atoms with van der Waals surface area (Å²) in [5.41, 5.74) is 0.380. The van der Waals surface area contributed by atoms with E-state index >= 15 is 0 Å². The first-order chi connectivity index (χ1) is 7.75. The Hall–Kier alpha value is -1.30. The van der Waals surface area contributed by atoms with Crippen molar-refractivity contribution < 1.29 is 8.78 Å². The number of azo groups is 1. The highest BCUT2D eigenvalue weighted by Gasteiger charge is 2.07. The monoisotopic (exact) mass is 241 g/mol. The van der Waals surface area contributed by atoms with E-state index in [-0.39, 0.29) is 5.56 Å². The molecule has 2 rings (SSSR count). The van der Waals surface area contributed by atoms with Gasteiger partial charge in [-0.3, -0.25) is 4.99 Å². The summed E-state index contributed by atoms with van der Waals surface area (Å²) in [6.07, 6.45) is -2.48. The molecule has 1 aliphatic heterocycles. The molecule has 0 bridgehead atoms. The standard InChI is InChI=1S/C10H9F2N3S/c11-9(12)7-2-1-3-8(6-7)14-15-10-13-4-5-16-10/h1-3,6,9H,4-5H2. The number of thioether (sulfide) groups is 1. The number of halogens is 2. The fourth-order valence-electron chi connectivity index (χ4n) is 1.21. The lowest BCUT2D eigenvalue weighted by molar-refractivity contribution is 0.151. The van der Waals surface area contributed by atoms with Crippen molar-refractivity contribution in [2.24, 2.45) is 15.2 Å². The molecule has 84 valence electrons. The molecule has 0 unspecified atom stereocenters. The molecule has 3 nitrogen and oxygen atoms in total. The van der Waals surface area contributed by atoms with Crippen LogP contribution in [0.25, 0.3) is 0 Å². The molecule has 1 aromatic carbocycles. The highest BCUT2D eigenvalue weighted by molar-refractivity contribution is 8.14. The molecule has 0 aromatic heterocycles. The van der Waals surface area contributed by atoms with Crippen LogP contribution in [0.5, 0.6) is 0 Å². The zero-order valence-corrected chi connectivity index (χ0v) is 9.12. The lowest BCUT2D eigenvalue weighted by Crippen LogP contribution is -1.82. The lowest BCUT2D eigenvalue weighted by Gasteiger charge is -1.99. The molecule has 0 radical (unpaired) electrons. The van der Waals surface area contributed by atoms with Crippen LogP contribution in [0.2, 0.25) is 0 Å². The van der Waals surface area contributed by atoms with E-state index in [1.54, 1.807) is 12.1 Å². The molecule has 6 heteroatoms. The summed E-state index contributed by atoms with van der Waals surface area (Å²) >= 11 is 1.51. The van der Waals surface area contributed by atoms with Gasteiger partial charge < -0.3 is 0 Å². The van der Waals surface area contributed by atoms with Gasteiger partial charge in [0.05, 0.1) is 12.2 Å². The third kappa shape index (κ3) is 2.85. The topological polar surface area (TPSA) is 37.1 Å². The molecular formula is C10H9F2N3S. The first kappa shape index (κ1) is 11.2. The molecule has 0 aliphatic carbocycles. The van der Waals surface area contributed by atoms with E-state index in [0.29, 0.717) is 10.9 Å². The summed E-state index contributed by atoms with van der Waals surface area (Å²) in [5, 5.41) is 8.37. The smallest absolute Gasteiger partial charge is 0.258 e. The van der Waals surface area contributed by atoms with Crippen molar-refractivity contribution in [1.29, 1.82) is 0 Å². The van der Waals surface area contributed by atoms with Crippen molar-refractivity contribution in [3.63, 3.8) is 0 Å². The van der Waals surface area contributed by atoms with Crippen LogP contribution >= 0.6 is 11.8 Å². The molecular weight excluding hydrogens is 232 g/mol. The summed E-state index contributed by atoms with van der Waals surface area (Å²) in [5.74, 6) is 0.908. The van der Waals surface area contributed by atoms with Crippen molar-refractivity contribution in [1.82, 2.24) is 0 Å². The third-order valence-corrected chi connectivity index (χ3v) is 2.80. The second kappa shape index (κ2) is 5.16. The number of aliphatic imine (C=N–C) groups is 1. The van der Waals surface area contributed by atoms with Gasteiger partial charge in [-0.15, -0.1) is 10.2 Å². The summed E-state index contributed by atoms with van der Waals surface area (Å²) in [4.78, 5) is 4.08. The van der Waals surface area contributed by atoms with Gasteiger partial charge in [0.25, 0.3) is 6.43 Å².